The van der Waals surface area contributed by atoms with Gasteiger partial charge >= 0.3 is 7.82 Å². The Morgan fingerprint density at radius 2 is 1.11 bits per heavy atom. The summed E-state index contributed by atoms with van der Waals surface area (Å²) in [5.74, 6) is 1.74. The molecule has 0 aliphatic rings. The van der Waals surface area contributed by atoms with Crippen molar-refractivity contribution in [2.75, 3.05) is 0 Å². The van der Waals surface area contributed by atoms with Gasteiger partial charge in [-0.3, -0.25) is 0 Å². The van der Waals surface area contributed by atoms with Crippen molar-refractivity contribution in [3.8, 4) is 11.5 Å². The van der Waals surface area contributed by atoms with Crippen molar-refractivity contribution < 1.29 is 24.0 Å². The second-order valence-corrected chi connectivity index (χ2v) is 6.49. The topological polar surface area (TPSA) is 87.0 Å². The molecule has 0 bridgehead atoms. The van der Waals surface area contributed by atoms with Gasteiger partial charge in [0.15, 0.2) is 0 Å². The van der Waals surface area contributed by atoms with Crippen molar-refractivity contribution in [2.45, 2.75) is 13.3 Å². The standard InChI is InChI=1S/C12H10O.C10H12.H3O4P/c1-3-7-11(8-4-1)13-12-9-5-2-6-10-12;1-2-3-7-10-8-5-4-6-9-10;1-5(2,3)4/h1-10H;3-9H,2H2,1H3;(H3,1,2,3,4). The van der Waals surface area contributed by atoms with Crippen LogP contribution in [0.3, 0.4) is 0 Å². The van der Waals surface area contributed by atoms with E-state index in [0.29, 0.717) is 0 Å². The van der Waals surface area contributed by atoms with Crippen LogP contribution in [0.1, 0.15) is 18.9 Å². The van der Waals surface area contributed by atoms with Gasteiger partial charge in [-0.1, -0.05) is 85.8 Å². The van der Waals surface area contributed by atoms with Crippen molar-refractivity contribution in [3.63, 3.8) is 0 Å². The second kappa shape index (κ2) is 13.5. The van der Waals surface area contributed by atoms with E-state index >= 15 is 0 Å². The number of hydrogen-bond acceptors (Lipinski definition) is 2. The molecule has 0 heterocycles. The van der Waals surface area contributed by atoms with Gasteiger partial charge in [0.25, 0.3) is 0 Å². The van der Waals surface area contributed by atoms with Gasteiger partial charge in [0.2, 0.25) is 0 Å². The zero-order valence-electron chi connectivity index (χ0n) is 15.6. The van der Waals surface area contributed by atoms with Gasteiger partial charge in [0, 0.05) is 0 Å². The molecule has 0 radical (unpaired) electrons. The summed E-state index contributed by atoms with van der Waals surface area (Å²) in [6.07, 6.45) is 5.41. The number of allylic oxidation sites excluding steroid dienone is 1. The van der Waals surface area contributed by atoms with E-state index in [1.165, 1.54) is 5.56 Å². The molecule has 0 unspecified atom stereocenters. The fraction of sp³-hybridized carbons (Fsp3) is 0.0909. The number of phosphoric acid groups is 1. The first-order chi connectivity index (χ1) is 13.4. The molecular weight excluding hydrogens is 375 g/mol. The van der Waals surface area contributed by atoms with Crippen molar-refractivity contribution in [2.24, 2.45) is 0 Å². The Morgan fingerprint density at radius 1 is 0.750 bits per heavy atom. The summed E-state index contributed by atoms with van der Waals surface area (Å²) < 4.78 is 14.5. The first-order valence-corrected chi connectivity index (χ1v) is 10.2. The lowest BCUT2D eigenvalue weighted by Gasteiger charge is -2.03. The molecule has 5 nitrogen and oxygen atoms in total. The van der Waals surface area contributed by atoms with E-state index in [4.69, 9.17) is 24.0 Å². The van der Waals surface area contributed by atoms with E-state index in [1.54, 1.807) is 0 Å². The minimum Gasteiger partial charge on any atom is -0.457 e. The molecule has 0 fully saturated rings. The first-order valence-electron chi connectivity index (χ1n) is 8.66. The van der Waals surface area contributed by atoms with E-state index in [0.717, 1.165) is 17.9 Å². The summed E-state index contributed by atoms with van der Waals surface area (Å²) in [5, 5.41) is 0. The number of benzene rings is 3. The maximum atomic E-state index is 8.88. The molecule has 0 aliphatic heterocycles. The quantitative estimate of drug-likeness (QED) is 0.492. The van der Waals surface area contributed by atoms with E-state index in [2.05, 4.69) is 43.3 Å². The highest BCUT2D eigenvalue weighted by Gasteiger charge is 2.00. The highest BCUT2D eigenvalue weighted by atomic mass is 31.2. The highest BCUT2D eigenvalue weighted by molar-refractivity contribution is 7.45. The predicted molar refractivity (Wildman–Crippen MR) is 113 cm³/mol. The molecule has 3 aromatic carbocycles. The molecule has 0 aliphatic carbocycles. The fourth-order valence-corrected chi connectivity index (χ4v) is 1.93. The van der Waals surface area contributed by atoms with E-state index in [9.17, 15) is 0 Å². The smallest absolute Gasteiger partial charge is 0.457 e. The Kier molecular flexibility index (Phi) is 11.2. The SMILES string of the molecule is CCC=Cc1ccccc1.O=P(O)(O)O.c1ccc(Oc2ccccc2)cc1. The summed E-state index contributed by atoms with van der Waals surface area (Å²) in [4.78, 5) is 21.6. The van der Waals surface area contributed by atoms with Crippen molar-refractivity contribution in [3.05, 3.63) is 103 Å². The lowest BCUT2D eigenvalue weighted by atomic mass is 10.2. The van der Waals surface area contributed by atoms with Crippen LogP contribution >= 0.6 is 7.82 Å². The van der Waals surface area contributed by atoms with Gasteiger partial charge < -0.3 is 19.4 Å². The zero-order chi connectivity index (χ0) is 20.7. The third kappa shape index (κ3) is 13.5. The van der Waals surface area contributed by atoms with Gasteiger partial charge in [-0.25, -0.2) is 4.57 Å². The molecule has 28 heavy (non-hydrogen) atoms. The maximum Gasteiger partial charge on any atom is 0.466 e. The number of hydrogen-bond donors (Lipinski definition) is 3. The van der Waals surface area contributed by atoms with Crippen molar-refractivity contribution >= 4 is 13.9 Å². The molecule has 0 saturated carbocycles. The third-order valence-corrected chi connectivity index (χ3v) is 3.07. The van der Waals surface area contributed by atoms with Crippen molar-refractivity contribution in [1.29, 1.82) is 0 Å². The lowest BCUT2D eigenvalue weighted by Crippen LogP contribution is -1.81. The van der Waals surface area contributed by atoms with Crippen LogP contribution < -0.4 is 4.74 Å². The van der Waals surface area contributed by atoms with Crippen molar-refractivity contribution in [1.82, 2.24) is 0 Å². The largest absolute Gasteiger partial charge is 0.466 e. The third-order valence-electron chi connectivity index (χ3n) is 3.07. The van der Waals surface area contributed by atoms with Crippen LogP contribution in [0.5, 0.6) is 11.5 Å². The number of rotatable bonds is 4. The molecular formula is C22H25O5P. The zero-order valence-corrected chi connectivity index (χ0v) is 16.5. The monoisotopic (exact) mass is 400 g/mol. The summed E-state index contributed by atoms with van der Waals surface area (Å²) >= 11 is 0. The van der Waals surface area contributed by atoms with Gasteiger partial charge in [0.1, 0.15) is 11.5 Å². The Balaban J connectivity index is 0.000000233. The molecule has 0 saturated heterocycles. The molecule has 0 aromatic heterocycles. The Hall–Kier alpha value is -2.69. The molecule has 3 rings (SSSR count). The van der Waals surface area contributed by atoms with E-state index < -0.39 is 7.82 Å². The Bertz CT molecular complexity index is 785. The van der Waals surface area contributed by atoms with Crippen LogP contribution in [0.15, 0.2) is 97.1 Å². The molecule has 0 amide bonds. The van der Waals surface area contributed by atoms with Gasteiger partial charge in [-0.05, 0) is 36.2 Å². The van der Waals surface area contributed by atoms with Crippen LogP contribution in [-0.4, -0.2) is 14.7 Å². The molecule has 3 aromatic rings. The minimum absolute atomic E-state index is 0.869. The maximum absolute atomic E-state index is 8.88. The molecule has 148 valence electrons. The first kappa shape index (κ1) is 23.3. The number of ether oxygens (including phenoxy) is 1. The highest BCUT2D eigenvalue weighted by Crippen LogP contribution is 2.25. The molecule has 0 spiro atoms. The van der Waals surface area contributed by atoms with Gasteiger partial charge in [-0.15, -0.1) is 0 Å². The van der Waals surface area contributed by atoms with E-state index in [1.807, 2.05) is 66.7 Å². The average Bonchev–Trinajstić information content (AvgIpc) is 2.68. The Morgan fingerprint density at radius 3 is 1.46 bits per heavy atom. The summed E-state index contributed by atoms with van der Waals surface area (Å²) in [6.45, 7) is 2.14. The van der Waals surface area contributed by atoms with Gasteiger partial charge in [-0.2, -0.15) is 0 Å². The summed E-state index contributed by atoms with van der Waals surface area (Å²) in [5.41, 5.74) is 1.28. The normalized spacial score (nSPS) is 10.3. The van der Waals surface area contributed by atoms with E-state index in [-0.39, 0.29) is 0 Å². The summed E-state index contributed by atoms with van der Waals surface area (Å²) in [6, 6.07) is 29.9. The van der Waals surface area contributed by atoms with Crippen LogP contribution in [-0.2, 0) is 4.57 Å². The minimum atomic E-state index is -4.64. The molecule has 0 atom stereocenters. The van der Waals surface area contributed by atoms with Crippen LogP contribution in [0.2, 0.25) is 0 Å². The van der Waals surface area contributed by atoms with Crippen LogP contribution in [0.25, 0.3) is 6.08 Å². The summed E-state index contributed by atoms with van der Waals surface area (Å²) in [7, 11) is -4.64. The predicted octanol–water partition coefficient (Wildman–Crippen LogP) is 5.66. The van der Waals surface area contributed by atoms with Crippen LogP contribution in [0.4, 0.5) is 0 Å². The fourth-order valence-electron chi connectivity index (χ4n) is 1.93. The Labute approximate surface area is 165 Å². The second-order valence-electron chi connectivity index (χ2n) is 5.46. The lowest BCUT2D eigenvalue weighted by molar-refractivity contribution is 0.275. The molecule has 6 heteroatoms. The molecule has 3 N–H and O–H groups in total. The average molecular weight is 400 g/mol. The van der Waals surface area contributed by atoms with Crippen LogP contribution in [0, 0.1) is 0 Å². The number of para-hydroxylation sites is 2. The van der Waals surface area contributed by atoms with Gasteiger partial charge in [0.05, 0.1) is 0 Å².